The number of nitrogens with one attached hydrogen (secondary N) is 1. The number of para-hydroxylation sites is 1. The number of hydrogen-bond donors (Lipinski definition) is 3. The normalized spacial score (nSPS) is 21.8. The van der Waals surface area contributed by atoms with Crippen molar-refractivity contribution in [2.75, 3.05) is 39.5 Å². The molecule has 3 aromatic rings. The van der Waals surface area contributed by atoms with Crippen LogP contribution >= 0.6 is 0 Å². The monoisotopic (exact) mass is 675 g/mol. The Morgan fingerprint density at radius 3 is 2.50 bits per heavy atom. The van der Waals surface area contributed by atoms with Gasteiger partial charge in [0.05, 0.1) is 34.0 Å². The molecule has 3 N–H and O–H groups in total. The first kappa shape index (κ1) is 33.1. The quantitative estimate of drug-likeness (QED) is 0.257. The summed E-state index contributed by atoms with van der Waals surface area (Å²) in [6, 6.07) is 13.1. The molecule has 3 aliphatic rings. The number of sulfonamides is 1. The standard InChI is InChI=1S/C32H41N3O9S2/c1-2-34-19-29(30(38)27-8-3-4-9-28(27)34)46(41,42)35-14-12-31(13-15-35)17-23(20-44-31)33-18-24(37)21-43-25-6-5-7-26(16-25)45(39,40)32(22-36)10-11-32/h3-9,16,19,23-24,33,36-37H,2,10-15,17-18,20-22H2,1H3/t23-,24+/m1/s1. The zero-order valence-electron chi connectivity index (χ0n) is 25.8. The van der Waals surface area contributed by atoms with Crippen LogP contribution in [-0.4, -0.2) is 97.9 Å². The van der Waals surface area contributed by atoms with Crippen molar-refractivity contribution < 1.29 is 36.5 Å². The Labute approximate surface area is 268 Å². The predicted molar refractivity (Wildman–Crippen MR) is 171 cm³/mol. The van der Waals surface area contributed by atoms with Crippen LogP contribution in [0.5, 0.6) is 5.75 Å². The molecule has 1 aromatic heterocycles. The van der Waals surface area contributed by atoms with Crippen molar-refractivity contribution in [3.8, 4) is 5.75 Å². The maximum Gasteiger partial charge on any atom is 0.248 e. The highest BCUT2D eigenvalue weighted by atomic mass is 32.2. The van der Waals surface area contributed by atoms with E-state index in [9.17, 15) is 31.8 Å². The Morgan fingerprint density at radius 2 is 1.80 bits per heavy atom. The van der Waals surface area contributed by atoms with Gasteiger partial charge in [-0.1, -0.05) is 18.2 Å². The Kier molecular flexibility index (Phi) is 9.08. The molecule has 1 aliphatic carbocycles. The lowest BCUT2D eigenvalue weighted by atomic mass is 9.88. The predicted octanol–water partition coefficient (Wildman–Crippen LogP) is 1.66. The number of fused-ring (bicyclic) bond motifs is 1. The third-order valence-electron chi connectivity index (χ3n) is 9.62. The first-order valence-corrected chi connectivity index (χ1v) is 18.6. The summed E-state index contributed by atoms with van der Waals surface area (Å²) < 4.78 is 67.0. The van der Waals surface area contributed by atoms with Gasteiger partial charge in [0.1, 0.15) is 23.4 Å². The SMILES string of the molecule is CCn1cc(S(=O)(=O)N2CCC3(CC2)C[C@@H](NC[C@H](O)COc2cccc(S(=O)(=O)C4(CO)CC4)c2)CO3)c(=O)c2ccccc21. The Morgan fingerprint density at radius 1 is 1.07 bits per heavy atom. The van der Waals surface area contributed by atoms with Crippen molar-refractivity contribution in [1.82, 2.24) is 14.2 Å². The number of aromatic nitrogens is 1. The number of pyridine rings is 1. The lowest BCUT2D eigenvalue weighted by Gasteiger charge is -2.38. The molecule has 1 saturated carbocycles. The highest BCUT2D eigenvalue weighted by Gasteiger charge is 2.54. The fourth-order valence-electron chi connectivity index (χ4n) is 6.55. The highest BCUT2D eigenvalue weighted by molar-refractivity contribution is 7.93. The maximum atomic E-state index is 13.6. The molecule has 0 amide bonds. The minimum Gasteiger partial charge on any atom is -0.491 e. The molecule has 2 aromatic carbocycles. The fraction of sp³-hybridized carbons (Fsp3) is 0.531. The van der Waals surface area contributed by atoms with Crippen LogP contribution in [0.4, 0.5) is 0 Å². The molecular formula is C32H41N3O9S2. The van der Waals surface area contributed by atoms with Gasteiger partial charge < -0.3 is 29.6 Å². The Bertz CT molecular complexity index is 1860. The van der Waals surface area contributed by atoms with E-state index >= 15 is 0 Å². The van der Waals surface area contributed by atoms with E-state index in [1.165, 1.54) is 22.6 Å². The Hall–Kier alpha value is -2.85. The van der Waals surface area contributed by atoms with E-state index in [0.29, 0.717) is 61.9 Å². The van der Waals surface area contributed by atoms with Crippen molar-refractivity contribution >= 4 is 30.8 Å². The van der Waals surface area contributed by atoms with Crippen LogP contribution < -0.4 is 15.5 Å². The second-order valence-electron chi connectivity index (χ2n) is 12.6. The van der Waals surface area contributed by atoms with Crippen molar-refractivity contribution in [3.05, 3.63) is 65.0 Å². The number of aliphatic hydroxyl groups is 2. The van der Waals surface area contributed by atoms with Gasteiger partial charge in [-0.25, -0.2) is 16.8 Å². The molecule has 2 aliphatic heterocycles. The summed E-state index contributed by atoms with van der Waals surface area (Å²) in [6.45, 7) is 3.07. The number of benzene rings is 2. The molecule has 46 heavy (non-hydrogen) atoms. The van der Waals surface area contributed by atoms with Crippen LogP contribution in [0, 0.1) is 0 Å². The lowest BCUT2D eigenvalue weighted by molar-refractivity contribution is -0.0312. The minimum absolute atomic E-state index is 0.0447. The molecule has 0 unspecified atom stereocenters. The van der Waals surface area contributed by atoms with Crippen LogP contribution in [0.1, 0.15) is 39.0 Å². The summed E-state index contributed by atoms with van der Waals surface area (Å²) in [7, 11) is -7.69. The van der Waals surface area contributed by atoms with Gasteiger partial charge in [-0.2, -0.15) is 4.31 Å². The second-order valence-corrected chi connectivity index (χ2v) is 16.9. The van der Waals surface area contributed by atoms with Gasteiger partial charge in [0, 0.05) is 43.8 Å². The van der Waals surface area contributed by atoms with E-state index in [1.807, 2.05) is 19.1 Å². The second kappa shape index (κ2) is 12.6. The summed E-state index contributed by atoms with van der Waals surface area (Å²) in [6.07, 6.45) is 3.06. The fourth-order valence-corrected chi connectivity index (χ4v) is 9.93. The van der Waals surface area contributed by atoms with E-state index in [0.717, 1.165) is 0 Å². The van der Waals surface area contributed by atoms with Gasteiger partial charge in [-0.3, -0.25) is 4.79 Å². The molecular weight excluding hydrogens is 634 g/mol. The van der Waals surface area contributed by atoms with Crippen LogP contribution in [0.3, 0.4) is 0 Å². The van der Waals surface area contributed by atoms with Crippen molar-refractivity contribution in [1.29, 1.82) is 0 Å². The molecule has 250 valence electrons. The van der Waals surface area contributed by atoms with Crippen LogP contribution in [0.2, 0.25) is 0 Å². The number of hydrogen-bond acceptors (Lipinski definition) is 10. The minimum atomic E-state index is -4.01. The van der Waals surface area contributed by atoms with Gasteiger partial charge in [-0.15, -0.1) is 0 Å². The molecule has 2 saturated heterocycles. The first-order chi connectivity index (χ1) is 21.9. The largest absolute Gasteiger partial charge is 0.491 e. The molecule has 12 nitrogen and oxygen atoms in total. The third-order valence-corrected chi connectivity index (χ3v) is 14.1. The highest BCUT2D eigenvalue weighted by Crippen LogP contribution is 2.46. The van der Waals surface area contributed by atoms with Gasteiger partial charge in [-0.05, 0) is 69.4 Å². The molecule has 0 radical (unpaired) electrons. The van der Waals surface area contributed by atoms with E-state index in [-0.39, 0.29) is 42.1 Å². The van der Waals surface area contributed by atoms with Crippen LogP contribution in [0.15, 0.2) is 69.3 Å². The molecule has 3 heterocycles. The third kappa shape index (κ3) is 6.12. The number of aryl methyl sites for hydroxylation is 1. The summed E-state index contributed by atoms with van der Waals surface area (Å²) in [5, 5.41) is 23.8. The number of ether oxygens (including phenoxy) is 2. The number of aliphatic hydroxyl groups excluding tert-OH is 2. The zero-order chi connectivity index (χ0) is 32.7. The van der Waals surface area contributed by atoms with E-state index < -0.39 is 48.3 Å². The molecule has 14 heteroatoms. The van der Waals surface area contributed by atoms with E-state index in [1.54, 1.807) is 28.8 Å². The number of sulfone groups is 1. The molecule has 2 atom stereocenters. The number of nitrogens with zero attached hydrogens (tertiary/aromatic N) is 2. The zero-order valence-corrected chi connectivity index (χ0v) is 27.4. The molecule has 1 spiro atoms. The smallest absolute Gasteiger partial charge is 0.248 e. The summed E-state index contributed by atoms with van der Waals surface area (Å²) in [4.78, 5) is 13.1. The van der Waals surface area contributed by atoms with Gasteiger partial charge in [0.15, 0.2) is 9.84 Å². The van der Waals surface area contributed by atoms with Crippen molar-refractivity contribution in [2.24, 2.45) is 0 Å². The first-order valence-electron chi connectivity index (χ1n) is 15.7. The molecule has 3 fully saturated rings. The van der Waals surface area contributed by atoms with Crippen molar-refractivity contribution in [2.45, 2.75) is 77.9 Å². The summed E-state index contributed by atoms with van der Waals surface area (Å²) in [5.74, 6) is 0.316. The maximum absolute atomic E-state index is 13.6. The Balaban J connectivity index is 1.00. The van der Waals surface area contributed by atoms with E-state index in [2.05, 4.69) is 5.32 Å². The van der Waals surface area contributed by atoms with Gasteiger partial charge in [0.2, 0.25) is 15.5 Å². The average molecular weight is 676 g/mol. The van der Waals surface area contributed by atoms with Gasteiger partial charge >= 0.3 is 0 Å². The average Bonchev–Trinajstić information content (AvgIpc) is 3.79. The topological polar surface area (TPSA) is 164 Å². The lowest BCUT2D eigenvalue weighted by Crippen LogP contribution is -2.47. The van der Waals surface area contributed by atoms with Crippen molar-refractivity contribution in [3.63, 3.8) is 0 Å². The van der Waals surface area contributed by atoms with E-state index in [4.69, 9.17) is 9.47 Å². The summed E-state index contributed by atoms with van der Waals surface area (Å²) >= 11 is 0. The number of rotatable bonds is 12. The molecule has 6 rings (SSSR count). The molecule has 0 bridgehead atoms. The summed E-state index contributed by atoms with van der Waals surface area (Å²) in [5.41, 5.74) is -0.278. The van der Waals surface area contributed by atoms with Crippen LogP contribution in [0.25, 0.3) is 10.9 Å². The van der Waals surface area contributed by atoms with Gasteiger partial charge in [0.25, 0.3) is 0 Å². The number of piperidine rings is 1. The van der Waals surface area contributed by atoms with Crippen LogP contribution in [-0.2, 0) is 31.1 Å².